The zero-order valence-electron chi connectivity index (χ0n) is 10.6. The summed E-state index contributed by atoms with van der Waals surface area (Å²) in [7, 11) is 2.00. The van der Waals surface area contributed by atoms with Gasteiger partial charge >= 0.3 is 6.18 Å². The first-order chi connectivity index (χ1) is 8.38. The maximum absolute atomic E-state index is 11.9. The largest absolute Gasteiger partial charge is 0.389 e. The van der Waals surface area contributed by atoms with Crippen LogP contribution >= 0.6 is 0 Å². The molecule has 4 nitrogen and oxygen atoms in total. The average Bonchev–Trinajstić information content (AvgIpc) is 2.27. The standard InChI is InChI=1S/C11H20F3N3O/c1-16-5-7-17(8-6-16)10(18)9-15-4-2-3-11(12,13)14/h15H,2-9H2,1H3. The number of amides is 1. The van der Waals surface area contributed by atoms with Crippen LogP contribution in [0.5, 0.6) is 0 Å². The van der Waals surface area contributed by atoms with Gasteiger partial charge in [0.2, 0.25) is 5.91 Å². The van der Waals surface area contributed by atoms with Crippen LogP contribution in [0.25, 0.3) is 0 Å². The van der Waals surface area contributed by atoms with Crippen molar-refractivity contribution in [2.24, 2.45) is 0 Å². The first-order valence-electron chi connectivity index (χ1n) is 6.12. The molecule has 0 aromatic carbocycles. The Hall–Kier alpha value is -0.820. The van der Waals surface area contributed by atoms with E-state index in [1.807, 2.05) is 7.05 Å². The van der Waals surface area contributed by atoms with Crippen molar-refractivity contribution in [2.45, 2.75) is 19.0 Å². The van der Waals surface area contributed by atoms with Gasteiger partial charge in [0.15, 0.2) is 0 Å². The van der Waals surface area contributed by atoms with Gasteiger partial charge in [0, 0.05) is 32.6 Å². The van der Waals surface area contributed by atoms with Crippen molar-refractivity contribution in [3.05, 3.63) is 0 Å². The molecule has 18 heavy (non-hydrogen) atoms. The van der Waals surface area contributed by atoms with Gasteiger partial charge in [-0.25, -0.2) is 0 Å². The van der Waals surface area contributed by atoms with Crippen LogP contribution in [0, 0.1) is 0 Å². The summed E-state index contributed by atoms with van der Waals surface area (Å²) in [6.07, 6.45) is -4.90. The maximum atomic E-state index is 11.9. The number of likely N-dealkylation sites (N-methyl/N-ethyl adjacent to an activating group) is 1. The smallest absolute Gasteiger partial charge is 0.339 e. The van der Waals surface area contributed by atoms with E-state index >= 15 is 0 Å². The molecule has 1 rings (SSSR count). The summed E-state index contributed by atoms with van der Waals surface area (Å²) in [6, 6.07) is 0. The van der Waals surface area contributed by atoms with Crippen molar-refractivity contribution in [3.8, 4) is 0 Å². The third-order valence-electron chi connectivity index (χ3n) is 2.95. The fourth-order valence-corrected chi connectivity index (χ4v) is 1.78. The second-order valence-electron chi connectivity index (χ2n) is 4.58. The summed E-state index contributed by atoms with van der Waals surface area (Å²) in [5, 5.41) is 2.76. The highest BCUT2D eigenvalue weighted by molar-refractivity contribution is 5.78. The van der Waals surface area contributed by atoms with Gasteiger partial charge in [-0.05, 0) is 20.0 Å². The Kier molecular flexibility index (Phi) is 5.87. The fraction of sp³-hybridized carbons (Fsp3) is 0.909. The molecule has 0 aromatic heterocycles. The van der Waals surface area contributed by atoms with E-state index < -0.39 is 12.6 Å². The number of halogens is 3. The van der Waals surface area contributed by atoms with Crippen LogP contribution in [0.4, 0.5) is 13.2 Å². The van der Waals surface area contributed by atoms with Crippen molar-refractivity contribution in [3.63, 3.8) is 0 Å². The van der Waals surface area contributed by atoms with Crippen LogP contribution in [0.2, 0.25) is 0 Å². The molecule has 0 unspecified atom stereocenters. The quantitative estimate of drug-likeness (QED) is 0.745. The number of hydrogen-bond donors (Lipinski definition) is 1. The third kappa shape index (κ3) is 6.20. The molecule has 1 fully saturated rings. The number of piperazine rings is 1. The molecule has 1 aliphatic rings. The lowest BCUT2D eigenvalue weighted by atomic mass is 10.3. The van der Waals surface area contributed by atoms with E-state index in [1.54, 1.807) is 4.90 Å². The zero-order valence-corrected chi connectivity index (χ0v) is 10.6. The van der Waals surface area contributed by atoms with E-state index in [-0.39, 0.29) is 25.4 Å². The highest BCUT2D eigenvalue weighted by Gasteiger charge is 2.26. The van der Waals surface area contributed by atoms with Gasteiger partial charge in [0.1, 0.15) is 0 Å². The van der Waals surface area contributed by atoms with E-state index in [4.69, 9.17) is 0 Å². The summed E-state index contributed by atoms with van der Waals surface area (Å²) < 4.78 is 35.6. The van der Waals surface area contributed by atoms with Crippen molar-refractivity contribution in [1.29, 1.82) is 0 Å². The van der Waals surface area contributed by atoms with Crippen LogP contribution < -0.4 is 5.32 Å². The lowest BCUT2D eigenvalue weighted by Gasteiger charge is -2.32. The second-order valence-corrected chi connectivity index (χ2v) is 4.58. The second kappa shape index (κ2) is 6.94. The van der Waals surface area contributed by atoms with Gasteiger partial charge in [-0.1, -0.05) is 0 Å². The Bertz CT molecular complexity index is 263. The topological polar surface area (TPSA) is 35.6 Å². The molecular formula is C11H20F3N3O. The monoisotopic (exact) mass is 267 g/mol. The minimum atomic E-state index is -4.11. The van der Waals surface area contributed by atoms with E-state index in [2.05, 4.69) is 10.2 Å². The Morgan fingerprint density at radius 3 is 2.39 bits per heavy atom. The van der Waals surface area contributed by atoms with Gasteiger partial charge in [-0.2, -0.15) is 13.2 Å². The molecule has 1 aliphatic heterocycles. The molecule has 7 heteroatoms. The average molecular weight is 267 g/mol. The molecule has 0 spiro atoms. The highest BCUT2D eigenvalue weighted by Crippen LogP contribution is 2.20. The molecule has 1 saturated heterocycles. The SMILES string of the molecule is CN1CCN(C(=O)CNCCCC(F)(F)F)CC1. The molecule has 0 aliphatic carbocycles. The molecule has 0 bridgehead atoms. The fourth-order valence-electron chi connectivity index (χ4n) is 1.78. The zero-order chi connectivity index (χ0) is 13.6. The van der Waals surface area contributed by atoms with E-state index in [0.29, 0.717) is 13.1 Å². The summed E-state index contributed by atoms with van der Waals surface area (Å²) >= 11 is 0. The molecule has 0 atom stereocenters. The van der Waals surface area contributed by atoms with Crippen molar-refractivity contribution < 1.29 is 18.0 Å². The molecule has 0 radical (unpaired) electrons. The lowest BCUT2D eigenvalue weighted by Crippen LogP contribution is -2.49. The third-order valence-corrected chi connectivity index (χ3v) is 2.95. The van der Waals surface area contributed by atoms with Gasteiger partial charge in [0.05, 0.1) is 6.54 Å². The van der Waals surface area contributed by atoms with Crippen LogP contribution in [-0.2, 0) is 4.79 Å². The number of rotatable bonds is 5. The van der Waals surface area contributed by atoms with Crippen molar-refractivity contribution in [1.82, 2.24) is 15.1 Å². The van der Waals surface area contributed by atoms with Gasteiger partial charge in [0.25, 0.3) is 0 Å². The summed E-state index contributed by atoms with van der Waals surface area (Å²) in [6.45, 7) is 3.43. The normalized spacial score (nSPS) is 18.1. The lowest BCUT2D eigenvalue weighted by molar-refractivity contribution is -0.135. The van der Waals surface area contributed by atoms with E-state index in [1.165, 1.54) is 0 Å². The summed E-state index contributed by atoms with van der Waals surface area (Å²) in [5.41, 5.74) is 0. The Labute approximate surface area is 105 Å². The summed E-state index contributed by atoms with van der Waals surface area (Å²) in [5.74, 6) is -0.0323. The van der Waals surface area contributed by atoms with Crippen molar-refractivity contribution >= 4 is 5.91 Å². The Morgan fingerprint density at radius 1 is 1.22 bits per heavy atom. The number of hydrogen-bond acceptors (Lipinski definition) is 3. The molecule has 1 amide bonds. The molecule has 106 valence electrons. The minimum absolute atomic E-state index is 0.0134. The first kappa shape index (κ1) is 15.2. The molecule has 1 heterocycles. The van der Waals surface area contributed by atoms with Crippen LogP contribution in [0.15, 0.2) is 0 Å². The number of alkyl halides is 3. The Balaban J connectivity index is 2.07. The number of carbonyl (C=O) groups is 1. The van der Waals surface area contributed by atoms with Gasteiger partial charge in [-0.3, -0.25) is 4.79 Å². The number of carbonyl (C=O) groups excluding carboxylic acids is 1. The highest BCUT2D eigenvalue weighted by atomic mass is 19.4. The van der Waals surface area contributed by atoms with Crippen LogP contribution in [0.3, 0.4) is 0 Å². The Morgan fingerprint density at radius 2 is 1.83 bits per heavy atom. The predicted octanol–water partition coefficient (Wildman–Crippen LogP) is 0.692. The molecule has 0 saturated carbocycles. The van der Waals surface area contributed by atoms with E-state index in [9.17, 15) is 18.0 Å². The minimum Gasteiger partial charge on any atom is -0.339 e. The maximum Gasteiger partial charge on any atom is 0.389 e. The van der Waals surface area contributed by atoms with Crippen LogP contribution in [-0.4, -0.2) is 68.2 Å². The molecular weight excluding hydrogens is 247 g/mol. The first-order valence-corrected chi connectivity index (χ1v) is 6.12. The van der Waals surface area contributed by atoms with Gasteiger partial charge < -0.3 is 15.1 Å². The number of nitrogens with zero attached hydrogens (tertiary/aromatic N) is 2. The molecule has 0 aromatic rings. The van der Waals surface area contributed by atoms with Gasteiger partial charge in [-0.15, -0.1) is 0 Å². The molecule has 1 N–H and O–H groups in total. The summed E-state index contributed by atoms with van der Waals surface area (Å²) in [4.78, 5) is 15.6. The number of nitrogens with one attached hydrogen (secondary N) is 1. The van der Waals surface area contributed by atoms with E-state index in [0.717, 1.165) is 13.1 Å². The van der Waals surface area contributed by atoms with Crippen molar-refractivity contribution in [2.75, 3.05) is 46.3 Å². The van der Waals surface area contributed by atoms with Crippen LogP contribution in [0.1, 0.15) is 12.8 Å². The predicted molar refractivity (Wildman–Crippen MR) is 62.2 cm³/mol.